The van der Waals surface area contributed by atoms with E-state index in [0.717, 1.165) is 5.03 Å². The van der Waals surface area contributed by atoms with Gasteiger partial charge in [-0.2, -0.15) is 0 Å². The Morgan fingerprint density at radius 3 is 2.70 bits per heavy atom. The molecule has 1 heterocycles. The van der Waals surface area contributed by atoms with Crippen molar-refractivity contribution in [2.24, 2.45) is 0 Å². The third-order valence-corrected chi connectivity index (χ3v) is 7.82. The Balaban J connectivity index is 2.37. The molecule has 0 saturated heterocycles. The molecule has 0 spiro atoms. The van der Waals surface area contributed by atoms with Gasteiger partial charge in [-0.05, 0) is 43.2 Å². The standard InChI is InChI=1S/C12H20NO4PS2/c1-12(2,20-19-10-4-3-7-13-10)6-9-18(16,17)8-5-11(14)15/h3-4,7,13H,5-6,8-9H2,1-2H3,(H,14,15)(H,16,17). The van der Waals surface area contributed by atoms with E-state index in [1.54, 1.807) is 21.6 Å². The van der Waals surface area contributed by atoms with Gasteiger partial charge >= 0.3 is 5.97 Å². The summed E-state index contributed by atoms with van der Waals surface area (Å²) < 4.78 is 11.7. The number of rotatable bonds is 9. The first-order valence-corrected chi connectivity index (χ1v) is 10.4. The maximum atomic E-state index is 11.9. The van der Waals surface area contributed by atoms with Crippen LogP contribution < -0.4 is 0 Å². The van der Waals surface area contributed by atoms with E-state index in [4.69, 9.17) is 5.11 Å². The highest BCUT2D eigenvalue weighted by Gasteiger charge is 2.26. The minimum absolute atomic E-state index is 0.146. The molecule has 0 aromatic carbocycles. The van der Waals surface area contributed by atoms with Crippen LogP contribution in [0.5, 0.6) is 0 Å². The van der Waals surface area contributed by atoms with Gasteiger partial charge in [0.05, 0.1) is 11.4 Å². The molecule has 1 rings (SSSR count). The van der Waals surface area contributed by atoms with Gasteiger partial charge < -0.3 is 15.0 Å². The number of hydrogen-bond donors (Lipinski definition) is 3. The van der Waals surface area contributed by atoms with Crippen LogP contribution in [0.15, 0.2) is 23.4 Å². The molecule has 5 nitrogen and oxygen atoms in total. The molecule has 114 valence electrons. The minimum Gasteiger partial charge on any atom is -0.481 e. The number of H-pyrrole nitrogens is 1. The lowest BCUT2D eigenvalue weighted by atomic mass is 10.1. The highest BCUT2D eigenvalue weighted by molar-refractivity contribution is 8.77. The summed E-state index contributed by atoms with van der Waals surface area (Å²) in [5, 5.41) is 9.59. The van der Waals surface area contributed by atoms with Gasteiger partial charge in [-0.15, -0.1) is 0 Å². The number of nitrogens with one attached hydrogen (secondary N) is 1. The maximum absolute atomic E-state index is 11.9. The molecule has 1 unspecified atom stereocenters. The predicted molar refractivity (Wildman–Crippen MR) is 84.7 cm³/mol. The van der Waals surface area contributed by atoms with E-state index >= 15 is 0 Å². The summed E-state index contributed by atoms with van der Waals surface area (Å²) in [6, 6.07) is 3.89. The molecule has 1 aromatic rings. The molecular formula is C12H20NO4PS2. The molecule has 20 heavy (non-hydrogen) atoms. The number of aliphatic carboxylic acids is 1. The number of carboxylic acids is 1. The lowest BCUT2D eigenvalue weighted by Gasteiger charge is -2.24. The van der Waals surface area contributed by atoms with Crippen LogP contribution in [0.25, 0.3) is 0 Å². The molecule has 0 radical (unpaired) electrons. The number of hydrogen-bond acceptors (Lipinski definition) is 4. The molecule has 3 N–H and O–H groups in total. The van der Waals surface area contributed by atoms with Crippen LogP contribution in [-0.4, -0.2) is 38.0 Å². The van der Waals surface area contributed by atoms with Gasteiger partial charge in [-0.1, -0.05) is 10.8 Å². The highest BCUT2D eigenvalue weighted by atomic mass is 33.1. The van der Waals surface area contributed by atoms with Crippen LogP contribution in [0.2, 0.25) is 0 Å². The zero-order chi connectivity index (χ0) is 15.2. The van der Waals surface area contributed by atoms with Crippen LogP contribution in [0.1, 0.15) is 26.7 Å². The normalized spacial score (nSPS) is 14.9. The molecular weight excluding hydrogens is 317 g/mol. The van der Waals surface area contributed by atoms with Crippen molar-refractivity contribution in [2.75, 3.05) is 12.3 Å². The van der Waals surface area contributed by atoms with Crippen LogP contribution in [0.4, 0.5) is 0 Å². The summed E-state index contributed by atoms with van der Waals surface area (Å²) in [7, 11) is -0.101. The quantitative estimate of drug-likeness (QED) is 0.470. The molecule has 0 amide bonds. The topological polar surface area (TPSA) is 90.4 Å². The van der Waals surface area contributed by atoms with E-state index in [2.05, 4.69) is 4.98 Å². The van der Waals surface area contributed by atoms with E-state index in [0.29, 0.717) is 6.42 Å². The Morgan fingerprint density at radius 2 is 2.15 bits per heavy atom. The van der Waals surface area contributed by atoms with Gasteiger partial charge in [-0.25, -0.2) is 0 Å². The second-order valence-corrected chi connectivity index (χ2v) is 10.6. The lowest BCUT2D eigenvalue weighted by molar-refractivity contribution is -0.136. The number of aromatic nitrogens is 1. The van der Waals surface area contributed by atoms with Crippen molar-refractivity contribution in [3.05, 3.63) is 18.3 Å². The average Bonchev–Trinajstić information content (AvgIpc) is 2.86. The van der Waals surface area contributed by atoms with Crippen molar-refractivity contribution < 1.29 is 19.4 Å². The van der Waals surface area contributed by atoms with Crippen LogP contribution >= 0.6 is 29.0 Å². The van der Waals surface area contributed by atoms with Crippen LogP contribution in [0, 0.1) is 0 Å². The molecule has 0 aliphatic heterocycles. The van der Waals surface area contributed by atoms with E-state index < -0.39 is 13.3 Å². The highest BCUT2D eigenvalue weighted by Crippen LogP contribution is 2.48. The van der Waals surface area contributed by atoms with E-state index in [9.17, 15) is 14.3 Å². The van der Waals surface area contributed by atoms with Gasteiger partial charge in [0.2, 0.25) is 7.37 Å². The summed E-state index contributed by atoms with van der Waals surface area (Å²) in [6.07, 6.45) is 2.18. The largest absolute Gasteiger partial charge is 0.481 e. The van der Waals surface area contributed by atoms with Gasteiger partial charge in [0.1, 0.15) is 0 Å². The van der Waals surface area contributed by atoms with Gasteiger partial charge in [0.15, 0.2) is 0 Å². The van der Waals surface area contributed by atoms with Gasteiger partial charge in [0, 0.05) is 23.3 Å². The smallest absolute Gasteiger partial charge is 0.303 e. The molecule has 8 heteroatoms. The number of aromatic amines is 1. The first-order valence-electron chi connectivity index (χ1n) is 6.22. The van der Waals surface area contributed by atoms with Crippen molar-refractivity contribution >= 4 is 34.9 Å². The fourth-order valence-electron chi connectivity index (χ4n) is 1.39. The fraction of sp³-hybridized carbons (Fsp3) is 0.583. The Bertz CT molecular complexity index is 476. The molecule has 0 fully saturated rings. The van der Waals surface area contributed by atoms with Crippen molar-refractivity contribution in [3.8, 4) is 0 Å². The zero-order valence-corrected chi connectivity index (χ0v) is 14.1. The van der Waals surface area contributed by atoms with E-state index in [1.807, 2.05) is 32.2 Å². The fourth-order valence-corrected chi connectivity index (χ4v) is 5.47. The SMILES string of the molecule is CC(C)(CCP(=O)(O)CCC(=O)O)SSc1ccc[nH]1. The molecule has 1 atom stereocenters. The Hall–Kier alpha value is -0.360. The zero-order valence-electron chi connectivity index (χ0n) is 11.5. The number of carbonyl (C=O) groups is 1. The molecule has 0 saturated carbocycles. The maximum Gasteiger partial charge on any atom is 0.303 e. The monoisotopic (exact) mass is 337 g/mol. The second kappa shape index (κ2) is 7.59. The molecule has 1 aromatic heterocycles. The van der Waals surface area contributed by atoms with Gasteiger partial charge in [0.25, 0.3) is 0 Å². The third-order valence-electron chi connectivity index (χ3n) is 2.66. The summed E-state index contributed by atoms with van der Waals surface area (Å²) >= 11 is 0. The Kier molecular flexibility index (Phi) is 6.72. The van der Waals surface area contributed by atoms with E-state index in [1.165, 1.54) is 0 Å². The molecule has 0 bridgehead atoms. The second-order valence-electron chi connectivity index (χ2n) is 5.15. The van der Waals surface area contributed by atoms with Crippen molar-refractivity contribution in [2.45, 2.75) is 36.5 Å². The van der Waals surface area contributed by atoms with Crippen LogP contribution in [-0.2, 0) is 9.36 Å². The summed E-state index contributed by atoms with van der Waals surface area (Å²) in [5.41, 5.74) is 0. The van der Waals surface area contributed by atoms with Gasteiger partial charge in [-0.3, -0.25) is 9.36 Å². The number of carboxylic acid groups (broad SMARTS) is 1. The summed E-state index contributed by atoms with van der Waals surface area (Å²) in [5.74, 6) is -1.03. The Morgan fingerprint density at radius 1 is 1.45 bits per heavy atom. The summed E-state index contributed by atoms with van der Waals surface area (Å²) in [4.78, 5) is 23.3. The van der Waals surface area contributed by atoms with Crippen molar-refractivity contribution in [1.29, 1.82) is 0 Å². The minimum atomic E-state index is -3.34. The average molecular weight is 337 g/mol. The first-order chi connectivity index (χ1) is 9.20. The van der Waals surface area contributed by atoms with Crippen molar-refractivity contribution in [1.82, 2.24) is 4.98 Å². The molecule has 0 aliphatic rings. The third kappa shape index (κ3) is 7.43. The summed E-state index contributed by atoms with van der Waals surface area (Å²) in [6.45, 7) is 4.04. The lowest BCUT2D eigenvalue weighted by Crippen LogP contribution is -2.16. The molecule has 0 aliphatic carbocycles. The Labute approximate surface area is 126 Å². The van der Waals surface area contributed by atoms with E-state index in [-0.39, 0.29) is 23.5 Å². The predicted octanol–water partition coefficient (Wildman–Crippen LogP) is 3.67. The first kappa shape index (κ1) is 17.7. The van der Waals surface area contributed by atoms with Crippen LogP contribution in [0.3, 0.4) is 0 Å². The van der Waals surface area contributed by atoms with Crippen molar-refractivity contribution in [3.63, 3.8) is 0 Å².